The molecule has 1 aromatic carbocycles. The molecule has 0 radical (unpaired) electrons. The molecule has 23 heavy (non-hydrogen) atoms. The van der Waals surface area contributed by atoms with E-state index >= 15 is 0 Å². The van der Waals surface area contributed by atoms with Crippen LogP contribution in [0.5, 0.6) is 0 Å². The molecule has 0 bridgehead atoms. The number of aliphatic carboxylic acids is 1. The van der Waals surface area contributed by atoms with E-state index < -0.39 is 12.0 Å². The zero-order valence-corrected chi connectivity index (χ0v) is 14.1. The maximum Gasteiger partial charge on any atom is 0.320 e. The number of hydrogen-bond donors (Lipinski definition) is 3. The van der Waals surface area contributed by atoms with E-state index in [-0.39, 0.29) is 11.3 Å². The van der Waals surface area contributed by atoms with Crippen LogP contribution in [0.25, 0.3) is 0 Å². The minimum Gasteiger partial charge on any atom is -0.480 e. The van der Waals surface area contributed by atoms with E-state index in [1.165, 1.54) is 0 Å². The average molecular weight is 318 g/mol. The van der Waals surface area contributed by atoms with Gasteiger partial charge in [0.2, 0.25) is 5.91 Å². The summed E-state index contributed by atoms with van der Waals surface area (Å²) in [5.41, 5.74) is 3.08. The molecule has 5 nitrogen and oxygen atoms in total. The topological polar surface area (TPSA) is 78.4 Å². The highest BCUT2D eigenvalue weighted by Gasteiger charge is 2.21. The number of rotatable bonds is 6. The lowest BCUT2D eigenvalue weighted by molar-refractivity contribution is -0.139. The number of hydrogen-bond acceptors (Lipinski definition) is 3. The summed E-state index contributed by atoms with van der Waals surface area (Å²) in [4.78, 5) is 22.9. The summed E-state index contributed by atoms with van der Waals surface area (Å²) in [5.74, 6) is -0.781. The maximum atomic E-state index is 11.5. The predicted molar refractivity (Wildman–Crippen MR) is 90.3 cm³/mol. The van der Waals surface area contributed by atoms with Gasteiger partial charge in [-0.05, 0) is 41.9 Å². The summed E-state index contributed by atoms with van der Waals surface area (Å²) in [6.07, 6.45) is 2.73. The van der Waals surface area contributed by atoms with Crippen LogP contribution in [0.1, 0.15) is 51.2 Å². The molecule has 1 aliphatic rings. The molecule has 0 aromatic heterocycles. The van der Waals surface area contributed by atoms with Crippen molar-refractivity contribution in [1.29, 1.82) is 0 Å². The smallest absolute Gasteiger partial charge is 0.320 e. The van der Waals surface area contributed by atoms with E-state index in [4.69, 9.17) is 0 Å². The van der Waals surface area contributed by atoms with Crippen LogP contribution in [0.3, 0.4) is 0 Å². The van der Waals surface area contributed by atoms with Crippen LogP contribution >= 0.6 is 0 Å². The number of aryl methyl sites for hydroxylation is 1. The van der Waals surface area contributed by atoms with Crippen LogP contribution in [0.15, 0.2) is 18.2 Å². The molecular weight excluding hydrogens is 292 g/mol. The first-order chi connectivity index (χ1) is 10.7. The van der Waals surface area contributed by atoms with Crippen molar-refractivity contribution in [2.45, 2.75) is 59.0 Å². The van der Waals surface area contributed by atoms with Crippen molar-refractivity contribution in [1.82, 2.24) is 5.32 Å². The lowest BCUT2D eigenvalue weighted by atomic mass is 9.88. The Hall–Kier alpha value is -1.88. The van der Waals surface area contributed by atoms with E-state index in [1.807, 2.05) is 18.2 Å². The Kier molecular flexibility index (Phi) is 5.42. The molecule has 2 rings (SSSR count). The van der Waals surface area contributed by atoms with Gasteiger partial charge in [-0.3, -0.25) is 9.59 Å². The quantitative estimate of drug-likeness (QED) is 0.753. The number of amides is 1. The van der Waals surface area contributed by atoms with Gasteiger partial charge < -0.3 is 15.7 Å². The third-order valence-electron chi connectivity index (χ3n) is 4.10. The van der Waals surface area contributed by atoms with Crippen molar-refractivity contribution >= 4 is 17.6 Å². The van der Waals surface area contributed by atoms with Crippen molar-refractivity contribution in [2.75, 3.05) is 5.32 Å². The summed E-state index contributed by atoms with van der Waals surface area (Å²) in [7, 11) is 0. The number of carboxylic acids is 1. The van der Waals surface area contributed by atoms with Crippen LogP contribution in [0.4, 0.5) is 5.69 Å². The number of fused-ring (bicyclic) bond motifs is 1. The molecule has 0 aliphatic carbocycles. The second kappa shape index (κ2) is 7.13. The van der Waals surface area contributed by atoms with Gasteiger partial charge in [-0.15, -0.1) is 0 Å². The number of carboxylic acid groups (broad SMARTS) is 1. The fourth-order valence-electron chi connectivity index (χ4n) is 2.66. The number of nitrogens with one attached hydrogen (secondary N) is 2. The predicted octanol–water partition coefficient (Wildman–Crippen LogP) is 2.94. The maximum absolute atomic E-state index is 11.5. The molecule has 1 aliphatic heterocycles. The third kappa shape index (κ3) is 5.36. The molecule has 1 amide bonds. The molecule has 1 aromatic rings. The van der Waals surface area contributed by atoms with Gasteiger partial charge in [0.25, 0.3) is 0 Å². The molecule has 0 saturated carbocycles. The van der Waals surface area contributed by atoms with Crippen molar-refractivity contribution in [3.63, 3.8) is 0 Å². The van der Waals surface area contributed by atoms with E-state index in [0.717, 1.165) is 29.7 Å². The van der Waals surface area contributed by atoms with Crippen LogP contribution in [0.2, 0.25) is 0 Å². The normalized spacial score (nSPS) is 15.7. The van der Waals surface area contributed by atoms with Gasteiger partial charge in [-0.2, -0.15) is 0 Å². The van der Waals surface area contributed by atoms with Gasteiger partial charge in [-0.25, -0.2) is 0 Å². The Morgan fingerprint density at radius 1 is 1.35 bits per heavy atom. The summed E-state index contributed by atoms with van der Waals surface area (Å²) in [6.45, 7) is 6.80. The summed E-state index contributed by atoms with van der Waals surface area (Å²) < 4.78 is 0. The zero-order chi connectivity index (χ0) is 17.0. The Labute approximate surface area is 137 Å². The van der Waals surface area contributed by atoms with E-state index in [2.05, 4.69) is 31.4 Å². The van der Waals surface area contributed by atoms with Crippen LogP contribution in [-0.4, -0.2) is 23.0 Å². The molecule has 126 valence electrons. The number of carbonyl (C=O) groups excluding carboxylic acids is 1. The third-order valence-corrected chi connectivity index (χ3v) is 4.10. The van der Waals surface area contributed by atoms with Gasteiger partial charge >= 0.3 is 5.97 Å². The molecule has 0 spiro atoms. The first-order valence-corrected chi connectivity index (χ1v) is 8.12. The van der Waals surface area contributed by atoms with Gasteiger partial charge in [0.05, 0.1) is 0 Å². The lowest BCUT2D eigenvalue weighted by Crippen LogP contribution is -2.37. The Bertz CT molecular complexity index is 590. The molecular formula is C18H26N2O3. The van der Waals surface area contributed by atoms with E-state index in [1.54, 1.807) is 0 Å². The summed E-state index contributed by atoms with van der Waals surface area (Å²) in [6, 6.07) is 5.38. The fraction of sp³-hybridized carbons (Fsp3) is 0.556. The monoisotopic (exact) mass is 318 g/mol. The van der Waals surface area contributed by atoms with Crippen LogP contribution in [-0.2, 0) is 22.6 Å². The van der Waals surface area contributed by atoms with Crippen LogP contribution in [0, 0.1) is 5.41 Å². The molecule has 0 unspecified atom stereocenters. The summed E-state index contributed by atoms with van der Waals surface area (Å²) >= 11 is 0. The molecule has 1 heterocycles. The molecule has 0 saturated heterocycles. The molecule has 3 N–H and O–H groups in total. The van der Waals surface area contributed by atoms with Gasteiger partial charge in [-0.1, -0.05) is 32.9 Å². The second-order valence-corrected chi connectivity index (χ2v) is 7.41. The second-order valence-electron chi connectivity index (χ2n) is 7.41. The zero-order valence-electron chi connectivity index (χ0n) is 14.1. The lowest BCUT2D eigenvalue weighted by Gasteiger charge is -2.22. The highest BCUT2D eigenvalue weighted by atomic mass is 16.4. The summed E-state index contributed by atoms with van der Waals surface area (Å²) in [5, 5.41) is 15.3. The average Bonchev–Trinajstić information content (AvgIpc) is 2.45. The van der Waals surface area contributed by atoms with Crippen LogP contribution < -0.4 is 10.6 Å². The Morgan fingerprint density at radius 3 is 2.74 bits per heavy atom. The van der Waals surface area contributed by atoms with Crippen molar-refractivity contribution in [3.05, 3.63) is 29.3 Å². The first kappa shape index (κ1) is 17.5. The molecule has 0 fully saturated rings. The Morgan fingerprint density at radius 2 is 2.09 bits per heavy atom. The highest BCUT2D eigenvalue weighted by molar-refractivity contribution is 5.93. The minimum atomic E-state index is -0.819. The van der Waals surface area contributed by atoms with E-state index in [9.17, 15) is 14.7 Å². The van der Waals surface area contributed by atoms with Crippen molar-refractivity contribution in [2.24, 2.45) is 5.41 Å². The van der Waals surface area contributed by atoms with Gasteiger partial charge in [0.1, 0.15) is 6.04 Å². The number of anilines is 1. The van der Waals surface area contributed by atoms with Crippen molar-refractivity contribution in [3.8, 4) is 0 Å². The van der Waals surface area contributed by atoms with Gasteiger partial charge in [0.15, 0.2) is 0 Å². The SMILES string of the molecule is CC(C)(C)CC[C@H](NCc1ccc2c(c1)NC(=O)CC2)C(=O)O. The standard InChI is InChI=1S/C18H26N2O3/c1-18(2,3)9-8-14(17(22)23)19-11-12-4-5-13-6-7-16(21)20-15(13)10-12/h4-5,10,14,19H,6-9,11H2,1-3H3,(H,20,21)(H,22,23)/t14-/m0/s1. The first-order valence-electron chi connectivity index (χ1n) is 8.12. The largest absolute Gasteiger partial charge is 0.480 e. The highest BCUT2D eigenvalue weighted by Crippen LogP contribution is 2.24. The minimum absolute atomic E-state index is 0.0381. The molecule has 5 heteroatoms. The Balaban J connectivity index is 1.96. The molecule has 1 atom stereocenters. The van der Waals surface area contributed by atoms with E-state index in [0.29, 0.717) is 19.4 Å². The number of benzene rings is 1. The van der Waals surface area contributed by atoms with Crippen molar-refractivity contribution < 1.29 is 14.7 Å². The van der Waals surface area contributed by atoms with Gasteiger partial charge in [0, 0.05) is 18.7 Å². The fourth-order valence-corrected chi connectivity index (χ4v) is 2.66. The number of carbonyl (C=O) groups is 2.